The largest absolute Gasteiger partial charge is 0.444 e. The van der Waals surface area contributed by atoms with Gasteiger partial charge in [-0.15, -0.1) is 11.6 Å². The third kappa shape index (κ3) is 12.7. The number of rotatable bonds is 3. The number of alkyl carbamates (subject to hydrolysis) is 1. The first-order chi connectivity index (χ1) is 9.64. The minimum atomic E-state index is -0.728. The molecular formula is C15H23BrClNO3. The van der Waals surface area contributed by atoms with Gasteiger partial charge in [0.05, 0.1) is 12.0 Å². The molecule has 4 nitrogen and oxygen atoms in total. The van der Waals surface area contributed by atoms with Gasteiger partial charge >= 0.3 is 6.09 Å². The Hall–Kier alpha value is -0.780. The van der Waals surface area contributed by atoms with E-state index >= 15 is 0 Å². The summed E-state index contributed by atoms with van der Waals surface area (Å²) >= 11 is 8.67. The highest BCUT2D eigenvalue weighted by molar-refractivity contribution is 9.10. The highest BCUT2D eigenvalue weighted by Gasteiger charge is 2.16. The molecule has 1 amide bonds. The number of halogens is 2. The number of carbonyl (C=O) groups is 1. The number of aliphatic hydroxyl groups excluding tert-OH is 1. The molecule has 1 atom stereocenters. The number of aliphatic hydroxyl groups is 1. The van der Waals surface area contributed by atoms with Gasteiger partial charge in [0.25, 0.3) is 0 Å². The van der Waals surface area contributed by atoms with E-state index in [1.807, 2.05) is 12.1 Å². The lowest BCUT2D eigenvalue weighted by molar-refractivity contribution is 0.0499. The number of alkyl halides is 1. The molecule has 120 valence electrons. The van der Waals surface area contributed by atoms with Crippen LogP contribution < -0.4 is 5.32 Å². The molecule has 0 aliphatic carbocycles. The van der Waals surface area contributed by atoms with Crippen molar-refractivity contribution in [2.75, 3.05) is 12.4 Å². The zero-order chi connectivity index (χ0) is 16.5. The van der Waals surface area contributed by atoms with Crippen LogP contribution in [0.3, 0.4) is 0 Å². The van der Waals surface area contributed by atoms with E-state index in [1.165, 1.54) is 5.56 Å². The third-order valence-electron chi connectivity index (χ3n) is 2.07. The molecule has 6 heteroatoms. The molecule has 0 spiro atoms. The van der Waals surface area contributed by atoms with Crippen molar-refractivity contribution in [1.29, 1.82) is 0 Å². The molecule has 0 aliphatic rings. The lowest BCUT2D eigenvalue weighted by Gasteiger charge is -2.20. The van der Waals surface area contributed by atoms with Gasteiger partial charge in [-0.05, 0) is 39.8 Å². The second kappa shape index (κ2) is 10.0. The summed E-state index contributed by atoms with van der Waals surface area (Å²) in [5.41, 5.74) is 0.781. The molecule has 0 aromatic heterocycles. The third-order valence-corrected chi connectivity index (χ3v) is 2.95. The Balaban J connectivity index is 0.000000423. The van der Waals surface area contributed by atoms with Crippen molar-refractivity contribution < 1.29 is 14.6 Å². The molecule has 0 saturated carbocycles. The molecule has 0 fully saturated rings. The van der Waals surface area contributed by atoms with Gasteiger partial charge in [-0.2, -0.15) is 0 Å². The first kappa shape index (κ1) is 20.2. The van der Waals surface area contributed by atoms with Gasteiger partial charge in [0, 0.05) is 11.0 Å². The van der Waals surface area contributed by atoms with E-state index in [9.17, 15) is 4.79 Å². The van der Waals surface area contributed by atoms with Crippen LogP contribution in [0.1, 0.15) is 26.3 Å². The summed E-state index contributed by atoms with van der Waals surface area (Å²) in [5, 5.41) is 11.4. The van der Waals surface area contributed by atoms with Crippen LogP contribution in [-0.2, 0) is 4.74 Å². The average Bonchev–Trinajstić information content (AvgIpc) is 2.38. The van der Waals surface area contributed by atoms with E-state index in [1.54, 1.807) is 20.8 Å². The summed E-state index contributed by atoms with van der Waals surface area (Å²) in [7, 11) is 0. The molecule has 1 aromatic carbocycles. The number of benzene rings is 1. The van der Waals surface area contributed by atoms with Crippen LogP contribution in [0.5, 0.6) is 0 Å². The van der Waals surface area contributed by atoms with E-state index in [-0.39, 0.29) is 12.4 Å². The summed E-state index contributed by atoms with van der Waals surface area (Å²) in [6, 6.07) is 8.22. The molecule has 2 N–H and O–H groups in total. The van der Waals surface area contributed by atoms with Crippen molar-refractivity contribution in [3.8, 4) is 0 Å². The molecule has 0 aliphatic heterocycles. The van der Waals surface area contributed by atoms with Crippen LogP contribution in [0.4, 0.5) is 4.79 Å². The highest BCUT2D eigenvalue weighted by atomic mass is 79.9. The van der Waals surface area contributed by atoms with Crippen molar-refractivity contribution in [2.24, 2.45) is 0 Å². The normalized spacial score (nSPS) is 12.0. The predicted octanol–water partition coefficient (Wildman–Crippen LogP) is 3.87. The summed E-state index contributed by atoms with van der Waals surface area (Å²) in [6.45, 7) is 7.49. The quantitative estimate of drug-likeness (QED) is 0.783. The second-order valence-electron chi connectivity index (χ2n) is 5.49. The van der Waals surface area contributed by atoms with Crippen molar-refractivity contribution in [3.05, 3.63) is 34.3 Å². The second-order valence-corrected chi connectivity index (χ2v) is 6.71. The minimum absolute atomic E-state index is 0.0931. The Labute approximate surface area is 140 Å². The van der Waals surface area contributed by atoms with Crippen LogP contribution in [0, 0.1) is 6.92 Å². The maximum atomic E-state index is 11.0. The summed E-state index contributed by atoms with van der Waals surface area (Å²) in [4.78, 5) is 11.0. The smallest absolute Gasteiger partial charge is 0.407 e. The maximum Gasteiger partial charge on any atom is 0.407 e. The molecular weight excluding hydrogens is 358 g/mol. The lowest BCUT2D eigenvalue weighted by Crippen LogP contribution is -2.37. The molecule has 0 saturated heterocycles. The standard InChI is InChI=1S/C8H16ClNO3.C7H7Br/c1-8(2,3)13-7(12)10-5-6(11)4-9;1-6-2-4-7(8)5-3-6/h6,11H,4-5H2,1-3H3,(H,10,12);2-5H,1H3/t6-;/m0./s1. The van der Waals surface area contributed by atoms with Gasteiger partial charge in [0.2, 0.25) is 0 Å². The summed E-state index contributed by atoms with van der Waals surface area (Å²) in [6.07, 6.45) is -1.27. The molecule has 0 unspecified atom stereocenters. The Morgan fingerprint density at radius 3 is 2.29 bits per heavy atom. The molecule has 1 rings (SSSR count). The van der Waals surface area contributed by atoms with Gasteiger partial charge in [-0.1, -0.05) is 33.6 Å². The monoisotopic (exact) mass is 379 g/mol. The van der Waals surface area contributed by atoms with Crippen molar-refractivity contribution in [3.63, 3.8) is 0 Å². The van der Waals surface area contributed by atoms with Gasteiger partial charge < -0.3 is 15.2 Å². The first-order valence-corrected chi connectivity index (χ1v) is 7.90. The minimum Gasteiger partial charge on any atom is -0.444 e. The van der Waals surface area contributed by atoms with Crippen LogP contribution in [0.15, 0.2) is 28.7 Å². The number of hydrogen-bond donors (Lipinski definition) is 2. The average molecular weight is 381 g/mol. The number of amides is 1. The zero-order valence-corrected chi connectivity index (χ0v) is 15.2. The van der Waals surface area contributed by atoms with Gasteiger partial charge in [0.1, 0.15) is 5.60 Å². The fourth-order valence-corrected chi connectivity index (χ4v) is 1.48. The number of ether oxygens (including phenoxy) is 1. The van der Waals surface area contributed by atoms with E-state index in [0.717, 1.165) is 4.47 Å². The van der Waals surface area contributed by atoms with Crippen LogP contribution in [0.25, 0.3) is 0 Å². The SMILES string of the molecule is CC(C)(C)OC(=O)NC[C@@H](O)CCl.Cc1ccc(Br)cc1. The Kier molecular flexibility index (Phi) is 9.66. The van der Waals surface area contributed by atoms with Gasteiger partial charge in [-0.25, -0.2) is 4.79 Å². The zero-order valence-electron chi connectivity index (χ0n) is 12.8. The summed E-state index contributed by atoms with van der Waals surface area (Å²) < 4.78 is 6.07. The van der Waals surface area contributed by atoms with Gasteiger partial charge in [0.15, 0.2) is 0 Å². The van der Waals surface area contributed by atoms with E-state index in [2.05, 4.69) is 40.3 Å². The fraction of sp³-hybridized carbons (Fsp3) is 0.533. The number of carbonyl (C=O) groups excluding carboxylic acids is 1. The highest BCUT2D eigenvalue weighted by Crippen LogP contribution is 2.08. The first-order valence-electron chi connectivity index (χ1n) is 6.57. The molecule has 1 aromatic rings. The van der Waals surface area contributed by atoms with Gasteiger partial charge in [-0.3, -0.25) is 0 Å². The van der Waals surface area contributed by atoms with Crippen molar-refractivity contribution in [2.45, 2.75) is 39.4 Å². The van der Waals surface area contributed by atoms with Crippen molar-refractivity contribution in [1.82, 2.24) is 5.32 Å². The predicted molar refractivity (Wildman–Crippen MR) is 89.8 cm³/mol. The number of hydrogen-bond acceptors (Lipinski definition) is 3. The van der Waals surface area contributed by atoms with Crippen LogP contribution in [0.2, 0.25) is 0 Å². The fourth-order valence-electron chi connectivity index (χ4n) is 1.10. The van der Waals surface area contributed by atoms with E-state index < -0.39 is 17.8 Å². The van der Waals surface area contributed by atoms with E-state index in [4.69, 9.17) is 21.4 Å². The lowest BCUT2D eigenvalue weighted by atomic mass is 10.2. The maximum absolute atomic E-state index is 11.0. The number of aryl methyl sites for hydroxylation is 1. The Morgan fingerprint density at radius 1 is 1.38 bits per heavy atom. The van der Waals surface area contributed by atoms with E-state index in [0.29, 0.717) is 0 Å². The van der Waals surface area contributed by atoms with Crippen LogP contribution in [-0.4, -0.2) is 35.3 Å². The Bertz CT molecular complexity index is 397. The number of nitrogens with one attached hydrogen (secondary N) is 1. The molecule has 0 radical (unpaired) electrons. The topological polar surface area (TPSA) is 58.6 Å². The molecule has 21 heavy (non-hydrogen) atoms. The molecule has 0 heterocycles. The summed E-state index contributed by atoms with van der Waals surface area (Å²) in [5.74, 6) is 0.0931. The Morgan fingerprint density at radius 2 is 1.90 bits per heavy atom. The molecule has 0 bridgehead atoms. The van der Waals surface area contributed by atoms with Crippen LogP contribution >= 0.6 is 27.5 Å². The van der Waals surface area contributed by atoms with Crippen molar-refractivity contribution >= 4 is 33.6 Å².